The Labute approximate surface area is 235 Å². The lowest BCUT2D eigenvalue weighted by Gasteiger charge is -2.21. The third kappa shape index (κ3) is 3.86. The summed E-state index contributed by atoms with van der Waals surface area (Å²) in [4.78, 5) is 28.8. The summed E-state index contributed by atoms with van der Waals surface area (Å²) in [5.41, 5.74) is 3.46. The number of aromatic nitrogens is 1. The monoisotopic (exact) mass is 540 g/mol. The van der Waals surface area contributed by atoms with Crippen LogP contribution in [0, 0.1) is 0 Å². The average molecular weight is 541 g/mol. The van der Waals surface area contributed by atoms with Crippen LogP contribution >= 0.6 is 0 Å². The number of benzene rings is 4. The van der Waals surface area contributed by atoms with Gasteiger partial charge in [-0.25, -0.2) is 9.59 Å². The fourth-order valence-electron chi connectivity index (χ4n) is 6.04. The molecule has 0 unspecified atom stereocenters. The summed E-state index contributed by atoms with van der Waals surface area (Å²) in [5, 5.41) is 5.75. The molecule has 7 aromatic rings. The molecule has 0 radical (unpaired) electrons. The maximum atomic E-state index is 13.4. The van der Waals surface area contributed by atoms with E-state index in [2.05, 4.69) is 30.9 Å². The third-order valence-corrected chi connectivity index (χ3v) is 8.15. The molecule has 0 amide bonds. The Hall–Kier alpha value is -5.10. The van der Waals surface area contributed by atoms with Crippen molar-refractivity contribution in [2.75, 3.05) is 18.0 Å². The van der Waals surface area contributed by atoms with Crippen molar-refractivity contribution in [3.8, 4) is 22.5 Å². The van der Waals surface area contributed by atoms with Crippen molar-refractivity contribution in [1.82, 2.24) is 4.57 Å². The normalized spacial score (nSPS) is 11.7. The molecule has 4 aromatic carbocycles. The van der Waals surface area contributed by atoms with Crippen molar-refractivity contribution in [2.24, 2.45) is 7.05 Å². The first-order valence-electron chi connectivity index (χ1n) is 13.8. The summed E-state index contributed by atoms with van der Waals surface area (Å²) in [6.45, 7) is 5.93. The second-order valence-corrected chi connectivity index (χ2v) is 10.3. The number of hydrogen-bond acceptors (Lipinski definition) is 5. The van der Waals surface area contributed by atoms with E-state index in [0.717, 1.165) is 51.1 Å². The van der Waals surface area contributed by atoms with Crippen molar-refractivity contribution < 1.29 is 8.83 Å². The second-order valence-electron chi connectivity index (χ2n) is 10.3. The van der Waals surface area contributed by atoms with Crippen LogP contribution in [-0.4, -0.2) is 17.7 Å². The lowest BCUT2D eigenvalue weighted by molar-refractivity contribution is 0.562. The zero-order valence-electron chi connectivity index (χ0n) is 23.1. The molecule has 7 rings (SSSR count). The second kappa shape index (κ2) is 9.52. The Morgan fingerprint density at radius 1 is 0.634 bits per heavy atom. The van der Waals surface area contributed by atoms with Crippen molar-refractivity contribution in [3.63, 3.8) is 0 Å². The molecule has 0 saturated heterocycles. The molecule has 202 valence electrons. The first kappa shape index (κ1) is 24.9. The highest BCUT2D eigenvalue weighted by molar-refractivity contribution is 6.23. The lowest BCUT2D eigenvalue weighted by Crippen LogP contribution is -2.21. The number of anilines is 1. The molecule has 0 spiro atoms. The number of hydrogen-bond donors (Lipinski definition) is 0. The highest BCUT2D eigenvalue weighted by Gasteiger charge is 2.19. The summed E-state index contributed by atoms with van der Waals surface area (Å²) in [6.07, 6.45) is 0. The van der Waals surface area contributed by atoms with E-state index in [9.17, 15) is 9.59 Å². The van der Waals surface area contributed by atoms with E-state index in [-0.39, 0.29) is 0 Å². The third-order valence-electron chi connectivity index (χ3n) is 8.15. The molecule has 0 aliphatic carbocycles. The van der Waals surface area contributed by atoms with Crippen LogP contribution in [0.25, 0.3) is 66.0 Å². The minimum absolute atomic E-state index is 0.426. The smallest absolute Gasteiger partial charge is 0.345 e. The van der Waals surface area contributed by atoms with E-state index in [1.165, 1.54) is 0 Å². The van der Waals surface area contributed by atoms with E-state index in [4.69, 9.17) is 8.83 Å². The SMILES string of the molecule is CCN(CC)c1ccc2cc(-c3ccc(-c4cc5c6ccccc6c6ccccc6c5oc4=O)n3C)c(=O)oc2c1. The Balaban J connectivity index is 1.39. The largest absolute Gasteiger partial charge is 0.422 e. The summed E-state index contributed by atoms with van der Waals surface area (Å²) < 4.78 is 13.7. The van der Waals surface area contributed by atoms with Crippen molar-refractivity contribution in [2.45, 2.75) is 13.8 Å². The molecule has 6 nitrogen and oxygen atoms in total. The minimum atomic E-state index is -0.430. The highest BCUT2D eigenvalue weighted by atomic mass is 16.4. The van der Waals surface area contributed by atoms with Crippen LogP contribution in [0.4, 0.5) is 5.69 Å². The molecule has 3 aromatic heterocycles. The van der Waals surface area contributed by atoms with Gasteiger partial charge >= 0.3 is 11.3 Å². The van der Waals surface area contributed by atoms with Gasteiger partial charge in [-0.15, -0.1) is 0 Å². The molecule has 0 fully saturated rings. The predicted molar refractivity (Wildman–Crippen MR) is 167 cm³/mol. The zero-order valence-corrected chi connectivity index (χ0v) is 23.1. The van der Waals surface area contributed by atoms with Crippen LogP contribution < -0.4 is 16.2 Å². The fourth-order valence-corrected chi connectivity index (χ4v) is 6.04. The molecule has 0 aliphatic rings. The van der Waals surface area contributed by atoms with Gasteiger partial charge in [-0.05, 0) is 66.4 Å². The summed E-state index contributed by atoms with van der Waals surface area (Å²) >= 11 is 0. The van der Waals surface area contributed by atoms with Crippen LogP contribution in [0.2, 0.25) is 0 Å². The van der Waals surface area contributed by atoms with Gasteiger partial charge in [-0.1, -0.05) is 48.5 Å². The standard InChI is InChI=1S/C35H28N2O4/c1-4-37(5-2)22-15-14-21-18-28(34(38)40-32(21)19-22)30-16-17-31(36(30)3)29-20-27-25-12-7-6-10-23(25)24-11-8-9-13-26(24)33(27)41-35(29)39/h6-20H,4-5H2,1-3H3. The lowest BCUT2D eigenvalue weighted by atomic mass is 9.97. The maximum Gasteiger partial charge on any atom is 0.345 e. The van der Waals surface area contributed by atoms with E-state index in [0.29, 0.717) is 33.7 Å². The van der Waals surface area contributed by atoms with Crippen LogP contribution in [0.5, 0.6) is 0 Å². The Kier molecular flexibility index (Phi) is 5.78. The highest BCUT2D eigenvalue weighted by Crippen LogP contribution is 2.36. The molecular formula is C35H28N2O4. The van der Waals surface area contributed by atoms with Crippen molar-refractivity contribution in [1.29, 1.82) is 0 Å². The Bertz CT molecular complexity index is 2250. The maximum absolute atomic E-state index is 13.4. The van der Waals surface area contributed by atoms with Gasteiger partial charge in [0.1, 0.15) is 11.2 Å². The molecule has 0 aliphatic heterocycles. The van der Waals surface area contributed by atoms with Crippen LogP contribution in [0.3, 0.4) is 0 Å². The van der Waals surface area contributed by atoms with Gasteiger partial charge in [0, 0.05) is 48.0 Å². The summed E-state index contributed by atoms with van der Waals surface area (Å²) in [7, 11) is 1.85. The van der Waals surface area contributed by atoms with E-state index >= 15 is 0 Å². The Morgan fingerprint density at radius 3 is 1.85 bits per heavy atom. The summed E-state index contributed by atoms with van der Waals surface area (Å²) in [6, 6.07) is 29.5. The number of fused-ring (bicyclic) bond motifs is 7. The molecule has 0 saturated carbocycles. The Morgan fingerprint density at radius 2 is 1.20 bits per heavy atom. The van der Waals surface area contributed by atoms with Gasteiger partial charge in [-0.3, -0.25) is 0 Å². The van der Waals surface area contributed by atoms with E-state index < -0.39 is 11.3 Å². The van der Waals surface area contributed by atoms with Crippen LogP contribution in [-0.2, 0) is 7.05 Å². The minimum Gasteiger partial charge on any atom is -0.422 e. The number of nitrogens with zero attached hydrogens (tertiary/aromatic N) is 2. The van der Waals surface area contributed by atoms with E-state index in [1.807, 2.05) is 90.5 Å². The van der Waals surface area contributed by atoms with Crippen molar-refractivity contribution in [3.05, 3.63) is 112 Å². The van der Waals surface area contributed by atoms with Crippen LogP contribution in [0.1, 0.15) is 13.8 Å². The van der Waals surface area contributed by atoms with Gasteiger partial charge in [0.15, 0.2) is 0 Å². The molecule has 41 heavy (non-hydrogen) atoms. The first-order valence-corrected chi connectivity index (χ1v) is 13.8. The molecule has 3 heterocycles. The zero-order chi connectivity index (χ0) is 28.2. The molecule has 0 bridgehead atoms. The molecule has 0 atom stereocenters. The quantitative estimate of drug-likeness (QED) is 0.165. The van der Waals surface area contributed by atoms with Gasteiger partial charge in [0.05, 0.1) is 22.5 Å². The van der Waals surface area contributed by atoms with Gasteiger partial charge in [-0.2, -0.15) is 0 Å². The van der Waals surface area contributed by atoms with Gasteiger partial charge in [0.25, 0.3) is 0 Å². The summed E-state index contributed by atoms with van der Waals surface area (Å²) in [5.74, 6) is 0. The van der Waals surface area contributed by atoms with Gasteiger partial charge < -0.3 is 18.3 Å². The first-order chi connectivity index (χ1) is 20.0. The fraction of sp³-hybridized carbons (Fsp3) is 0.143. The molecule has 0 N–H and O–H groups in total. The van der Waals surface area contributed by atoms with Crippen LogP contribution in [0.15, 0.2) is 109 Å². The van der Waals surface area contributed by atoms with Gasteiger partial charge in [0.2, 0.25) is 0 Å². The molecular weight excluding hydrogens is 512 g/mol. The topological polar surface area (TPSA) is 68.6 Å². The van der Waals surface area contributed by atoms with E-state index in [1.54, 1.807) is 0 Å². The predicted octanol–water partition coefficient (Wildman–Crippen LogP) is 7.72. The average Bonchev–Trinajstić information content (AvgIpc) is 3.37. The number of rotatable bonds is 5. The molecule has 6 heteroatoms. The van der Waals surface area contributed by atoms with Crippen molar-refractivity contribution >= 4 is 49.2 Å².